The fourth-order valence-electron chi connectivity index (χ4n) is 4.05. The van der Waals surface area contributed by atoms with E-state index < -0.39 is 29.8 Å². The molecule has 1 fully saturated rings. The Morgan fingerprint density at radius 1 is 1.16 bits per heavy atom. The molecular formula is C23H23F3N4O2. The van der Waals surface area contributed by atoms with Crippen molar-refractivity contribution < 1.29 is 18.0 Å². The van der Waals surface area contributed by atoms with Crippen LogP contribution in [-0.2, 0) is 17.5 Å². The molecule has 168 valence electrons. The Bertz CT molecular complexity index is 1210. The molecular weight excluding hydrogens is 421 g/mol. The van der Waals surface area contributed by atoms with Crippen molar-refractivity contribution in [1.82, 2.24) is 9.78 Å². The minimum atomic E-state index is -4.52. The van der Waals surface area contributed by atoms with Crippen LogP contribution in [-0.4, -0.2) is 28.8 Å². The molecule has 1 N–H and O–H groups in total. The average molecular weight is 444 g/mol. The number of carbonyl (C=O) groups is 1. The minimum Gasteiger partial charge on any atom is -0.354 e. The van der Waals surface area contributed by atoms with Gasteiger partial charge in [0.15, 0.2) is 5.82 Å². The van der Waals surface area contributed by atoms with E-state index in [2.05, 4.69) is 22.2 Å². The predicted octanol–water partition coefficient (Wildman–Crippen LogP) is 4.29. The summed E-state index contributed by atoms with van der Waals surface area (Å²) in [5.74, 6) is 0.486. The third-order valence-electron chi connectivity index (χ3n) is 5.57. The maximum Gasteiger partial charge on any atom is 0.416 e. The molecule has 1 amide bonds. The van der Waals surface area contributed by atoms with Crippen LogP contribution in [0.25, 0.3) is 10.8 Å². The first-order valence-electron chi connectivity index (χ1n) is 10.4. The lowest BCUT2D eigenvalue weighted by molar-refractivity contribution is -0.137. The van der Waals surface area contributed by atoms with Gasteiger partial charge in [0.25, 0.3) is 5.56 Å². The van der Waals surface area contributed by atoms with E-state index in [1.165, 1.54) is 12.1 Å². The zero-order valence-corrected chi connectivity index (χ0v) is 17.5. The normalized spacial score (nSPS) is 16.9. The third kappa shape index (κ3) is 4.61. The molecule has 0 radical (unpaired) electrons. The van der Waals surface area contributed by atoms with Crippen LogP contribution < -0.4 is 15.8 Å². The predicted molar refractivity (Wildman–Crippen MR) is 117 cm³/mol. The van der Waals surface area contributed by atoms with E-state index in [-0.39, 0.29) is 5.69 Å². The van der Waals surface area contributed by atoms with Crippen molar-refractivity contribution >= 4 is 28.2 Å². The summed E-state index contributed by atoms with van der Waals surface area (Å²) in [5.41, 5.74) is -1.28. The van der Waals surface area contributed by atoms with Gasteiger partial charge in [-0.15, -0.1) is 0 Å². The van der Waals surface area contributed by atoms with E-state index in [9.17, 15) is 22.8 Å². The number of amides is 1. The van der Waals surface area contributed by atoms with Crippen LogP contribution in [0.15, 0.2) is 53.3 Å². The maximum atomic E-state index is 13.0. The van der Waals surface area contributed by atoms with Crippen LogP contribution in [0.3, 0.4) is 0 Å². The number of benzene rings is 2. The van der Waals surface area contributed by atoms with Crippen LogP contribution in [0.4, 0.5) is 24.7 Å². The van der Waals surface area contributed by atoms with Gasteiger partial charge in [-0.1, -0.05) is 31.2 Å². The summed E-state index contributed by atoms with van der Waals surface area (Å²) < 4.78 is 39.9. The number of anilines is 2. The highest BCUT2D eigenvalue weighted by molar-refractivity contribution is 5.93. The summed E-state index contributed by atoms with van der Waals surface area (Å²) in [6.07, 6.45) is -2.39. The van der Waals surface area contributed by atoms with Crippen molar-refractivity contribution in [3.63, 3.8) is 0 Å². The molecule has 3 aromatic rings. The van der Waals surface area contributed by atoms with E-state index in [0.29, 0.717) is 17.1 Å². The lowest BCUT2D eigenvalue weighted by Gasteiger charge is -2.32. The SMILES string of the molecule is C[C@H]1CCCN(c2nn(CC(=O)Nc3cccc(C(F)(F)F)c3)c(=O)c3ccccc23)C1. The topological polar surface area (TPSA) is 67.2 Å². The molecule has 0 unspecified atom stereocenters. The van der Waals surface area contributed by atoms with Gasteiger partial charge in [0, 0.05) is 24.2 Å². The molecule has 9 heteroatoms. The summed E-state index contributed by atoms with van der Waals surface area (Å²) in [4.78, 5) is 27.6. The molecule has 2 aromatic carbocycles. The van der Waals surface area contributed by atoms with Crippen LogP contribution in [0, 0.1) is 5.92 Å². The Kier molecular flexibility index (Phi) is 5.90. The molecule has 0 aliphatic carbocycles. The molecule has 1 atom stereocenters. The molecule has 0 saturated carbocycles. The highest BCUT2D eigenvalue weighted by Gasteiger charge is 2.30. The van der Waals surface area contributed by atoms with Gasteiger partial charge in [0.2, 0.25) is 5.91 Å². The molecule has 1 saturated heterocycles. The van der Waals surface area contributed by atoms with E-state index in [1.54, 1.807) is 12.1 Å². The number of rotatable bonds is 4. The molecule has 0 bridgehead atoms. The fraction of sp³-hybridized carbons (Fsp3) is 0.348. The summed E-state index contributed by atoms with van der Waals surface area (Å²) >= 11 is 0. The average Bonchev–Trinajstić information content (AvgIpc) is 2.75. The molecule has 2 heterocycles. The van der Waals surface area contributed by atoms with Crippen molar-refractivity contribution in [3.05, 3.63) is 64.4 Å². The summed E-state index contributed by atoms with van der Waals surface area (Å²) in [5, 5.41) is 8.09. The maximum absolute atomic E-state index is 13.0. The molecule has 1 aliphatic heterocycles. The zero-order valence-electron chi connectivity index (χ0n) is 17.5. The lowest BCUT2D eigenvalue weighted by Crippen LogP contribution is -2.38. The van der Waals surface area contributed by atoms with Crippen molar-refractivity contribution in [2.75, 3.05) is 23.3 Å². The highest BCUT2D eigenvalue weighted by Crippen LogP contribution is 2.31. The second-order valence-electron chi connectivity index (χ2n) is 8.15. The Balaban J connectivity index is 1.64. The van der Waals surface area contributed by atoms with Crippen LogP contribution in [0.1, 0.15) is 25.3 Å². The largest absolute Gasteiger partial charge is 0.416 e. The standard InChI is InChI=1S/C23H23F3N4O2/c1-15-6-5-11-29(13-15)21-18-9-2-3-10-19(18)22(32)30(28-21)14-20(31)27-17-8-4-7-16(12-17)23(24,25)26/h2-4,7-10,12,15H,5-6,11,13-14H2,1H3,(H,27,31)/t15-/m0/s1. The van der Waals surface area contributed by atoms with Crippen molar-refractivity contribution in [1.29, 1.82) is 0 Å². The number of aromatic nitrogens is 2. The Hall–Kier alpha value is -3.36. The van der Waals surface area contributed by atoms with Crippen LogP contribution in [0.2, 0.25) is 0 Å². The molecule has 0 spiro atoms. The number of hydrogen-bond donors (Lipinski definition) is 1. The van der Waals surface area contributed by atoms with Gasteiger partial charge in [-0.2, -0.15) is 18.3 Å². The molecule has 32 heavy (non-hydrogen) atoms. The highest BCUT2D eigenvalue weighted by atomic mass is 19.4. The van der Waals surface area contributed by atoms with Crippen LogP contribution >= 0.6 is 0 Å². The summed E-state index contributed by atoms with van der Waals surface area (Å²) in [6.45, 7) is 3.35. The molecule has 6 nitrogen and oxygen atoms in total. The number of nitrogens with zero attached hydrogens (tertiary/aromatic N) is 3. The van der Waals surface area contributed by atoms with Crippen molar-refractivity contribution in [3.8, 4) is 0 Å². The Morgan fingerprint density at radius 3 is 2.62 bits per heavy atom. The Morgan fingerprint density at radius 2 is 1.91 bits per heavy atom. The van der Waals surface area contributed by atoms with Gasteiger partial charge in [-0.3, -0.25) is 9.59 Å². The number of alkyl halides is 3. The lowest BCUT2D eigenvalue weighted by atomic mass is 10.00. The molecule has 1 aromatic heterocycles. The number of fused-ring (bicyclic) bond motifs is 1. The van der Waals surface area contributed by atoms with Crippen molar-refractivity contribution in [2.24, 2.45) is 5.92 Å². The third-order valence-corrected chi connectivity index (χ3v) is 5.57. The Labute approximate surface area is 182 Å². The second-order valence-corrected chi connectivity index (χ2v) is 8.15. The van der Waals surface area contributed by atoms with Gasteiger partial charge >= 0.3 is 6.18 Å². The monoisotopic (exact) mass is 444 g/mol. The van der Waals surface area contributed by atoms with E-state index in [1.807, 2.05) is 12.1 Å². The first kappa shape index (κ1) is 21.9. The van der Waals surface area contributed by atoms with Gasteiger partial charge < -0.3 is 10.2 Å². The quantitative estimate of drug-likeness (QED) is 0.652. The van der Waals surface area contributed by atoms with Gasteiger partial charge in [-0.25, -0.2) is 4.68 Å². The number of piperidine rings is 1. The zero-order chi connectivity index (χ0) is 22.9. The summed E-state index contributed by atoms with van der Waals surface area (Å²) in [7, 11) is 0. The minimum absolute atomic E-state index is 0.00346. The van der Waals surface area contributed by atoms with Gasteiger partial charge in [0.1, 0.15) is 6.54 Å². The van der Waals surface area contributed by atoms with E-state index >= 15 is 0 Å². The summed E-state index contributed by atoms with van der Waals surface area (Å²) in [6, 6.07) is 11.5. The fourth-order valence-corrected chi connectivity index (χ4v) is 4.05. The van der Waals surface area contributed by atoms with Crippen molar-refractivity contribution in [2.45, 2.75) is 32.5 Å². The number of halogens is 3. The first-order valence-corrected chi connectivity index (χ1v) is 10.4. The number of hydrogen-bond acceptors (Lipinski definition) is 4. The van der Waals surface area contributed by atoms with E-state index in [0.717, 1.165) is 48.1 Å². The smallest absolute Gasteiger partial charge is 0.354 e. The van der Waals surface area contributed by atoms with Gasteiger partial charge in [-0.05, 0) is 43.0 Å². The van der Waals surface area contributed by atoms with E-state index in [4.69, 9.17) is 0 Å². The molecule has 1 aliphatic rings. The van der Waals surface area contributed by atoms with Crippen LogP contribution in [0.5, 0.6) is 0 Å². The molecule has 4 rings (SSSR count). The number of nitrogens with one attached hydrogen (secondary N) is 1. The number of carbonyl (C=O) groups excluding carboxylic acids is 1. The first-order chi connectivity index (χ1) is 15.2. The van der Waals surface area contributed by atoms with Gasteiger partial charge in [0.05, 0.1) is 10.9 Å². The second kappa shape index (κ2) is 8.64.